The predicted molar refractivity (Wildman–Crippen MR) is 119 cm³/mol. The average Bonchev–Trinajstić information content (AvgIpc) is 3.09. The van der Waals surface area contributed by atoms with Crippen molar-refractivity contribution in [3.05, 3.63) is 69.2 Å². The van der Waals surface area contributed by atoms with E-state index in [4.69, 9.17) is 0 Å². The van der Waals surface area contributed by atoms with Gasteiger partial charge >= 0.3 is 0 Å². The minimum absolute atomic E-state index is 0.195. The molecule has 4 amide bonds. The van der Waals surface area contributed by atoms with Gasteiger partial charge in [0, 0.05) is 29.5 Å². The number of amides is 4. The van der Waals surface area contributed by atoms with Crippen LogP contribution in [0.15, 0.2) is 46.9 Å². The Labute approximate surface area is 189 Å². The minimum Gasteiger partial charge on any atom is -0.355 e. The van der Waals surface area contributed by atoms with Crippen molar-refractivity contribution in [1.82, 2.24) is 15.5 Å². The lowest BCUT2D eigenvalue weighted by Gasteiger charge is -2.29. The highest BCUT2D eigenvalue weighted by molar-refractivity contribution is 9.10. The third kappa shape index (κ3) is 5.58. The summed E-state index contributed by atoms with van der Waals surface area (Å²) >= 11 is 3.37. The summed E-state index contributed by atoms with van der Waals surface area (Å²) in [6.07, 6.45) is 2.33. The Hall–Kier alpha value is -3.00. The van der Waals surface area contributed by atoms with Crippen molar-refractivity contribution in [2.45, 2.75) is 45.3 Å². The fourth-order valence-electron chi connectivity index (χ4n) is 3.62. The van der Waals surface area contributed by atoms with E-state index in [-0.39, 0.29) is 18.2 Å². The van der Waals surface area contributed by atoms with Crippen LogP contribution in [0, 0.1) is 0 Å². The van der Waals surface area contributed by atoms with Gasteiger partial charge in [-0.25, -0.2) is 0 Å². The van der Waals surface area contributed by atoms with Crippen LogP contribution in [0.5, 0.6) is 0 Å². The van der Waals surface area contributed by atoms with Gasteiger partial charge in [0.15, 0.2) is 0 Å². The van der Waals surface area contributed by atoms with E-state index >= 15 is 0 Å². The Morgan fingerprint density at radius 2 is 1.84 bits per heavy atom. The predicted octanol–water partition coefficient (Wildman–Crippen LogP) is 2.71. The first-order chi connectivity index (χ1) is 14.9. The Morgan fingerprint density at radius 1 is 1.13 bits per heavy atom. The summed E-state index contributed by atoms with van der Waals surface area (Å²) in [4.78, 5) is 47.4. The zero-order chi connectivity index (χ0) is 22.4. The van der Waals surface area contributed by atoms with Gasteiger partial charge in [-0.1, -0.05) is 47.1 Å². The van der Waals surface area contributed by atoms with E-state index in [2.05, 4.69) is 57.8 Å². The van der Waals surface area contributed by atoms with Crippen molar-refractivity contribution >= 4 is 40.1 Å². The summed E-state index contributed by atoms with van der Waals surface area (Å²) in [6, 6.07) is 13.1. The quantitative estimate of drug-likeness (QED) is 0.502. The molecular weight excluding hydrogens is 462 g/mol. The van der Waals surface area contributed by atoms with Crippen LogP contribution in [0.1, 0.15) is 46.8 Å². The van der Waals surface area contributed by atoms with Gasteiger partial charge in [-0.2, -0.15) is 0 Å². The highest BCUT2D eigenvalue weighted by Gasteiger charge is 2.38. The normalized spacial score (nSPS) is 17.4. The summed E-state index contributed by atoms with van der Waals surface area (Å²) in [5.74, 6) is -0.910. The molecule has 162 valence electrons. The topological polar surface area (TPSA) is 95.6 Å². The molecule has 0 radical (unpaired) electrons. The van der Waals surface area contributed by atoms with Crippen molar-refractivity contribution in [2.75, 3.05) is 0 Å². The van der Waals surface area contributed by atoms with Crippen LogP contribution in [0.2, 0.25) is 0 Å². The van der Waals surface area contributed by atoms with Crippen molar-refractivity contribution < 1.29 is 19.2 Å². The Bertz CT molecular complexity index is 991. The highest BCUT2D eigenvalue weighted by atomic mass is 79.9. The molecule has 0 aromatic heterocycles. The van der Waals surface area contributed by atoms with Gasteiger partial charge in [-0.3, -0.25) is 24.5 Å². The lowest BCUT2D eigenvalue weighted by atomic mass is 10.0. The van der Waals surface area contributed by atoms with Crippen LogP contribution < -0.4 is 10.6 Å². The SMILES string of the molecule is CCc1ccc(Br)cc1.O=CNCc1ccc2c(c1)CN(C1CCC(=O)NC1=O)C2=O. The molecule has 2 aliphatic heterocycles. The molecule has 2 aromatic carbocycles. The van der Waals surface area contributed by atoms with E-state index in [1.165, 1.54) is 10.5 Å². The van der Waals surface area contributed by atoms with Gasteiger partial charge in [-0.05, 0) is 47.7 Å². The van der Waals surface area contributed by atoms with E-state index < -0.39 is 11.9 Å². The molecule has 1 atom stereocenters. The molecule has 1 fully saturated rings. The fraction of sp³-hybridized carbons (Fsp3) is 0.304. The lowest BCUT2D eigenvalue weighted by molar-refractivity contribution is -0.136. The number of benzene rings is 2. The van der Waals surface area contributed by atoms with E-state index in [1.807, 2.05) is 6.07 Å². The summed E-state index contributed by atoms with van der Waals surface area (Å²) in [6.45, 7) is 2.89. The first-order valence-corrected chi connectivity index (χ1v) is 10.9. The maximum Gasteiger partial charge on any atom is 0.255 e. The molecule has 31 heavy (non-hydrogen) atoms. The Kier molecular flexibility index (Phi) is 7.57. The molecule has 1 saturated heterocycles. The number of rotatable bonds is 5. The fourth-order valence-corrected chi connectivity index (χ4v) is 3.88. The number of piperidine rings is 1. The van der Waals surface area contributed by atoms with Crippen LogP contribution in [0.3, 0.4) is 0 Å². The molecule has 1 unspecified atom stereocenters. The van der Waals surface area contributed by atoms with Gasteiger partial charge < -0.3 is 10.2 Å². The second kappa shape index (κ2) is 10.3. The zero-order valence-electron chi connectivity index (χ0n) is 17.2. The summed E-state index contributed by atoms with van der Waals surface area (Å²) in [5, 5.41) is 4.85. The maximum atomic E-state index is 12.4. The second-order valence-corrected chi connectivity index (χ2v) is 8.29. The first kappa shape index (κ1) is 22.7. The molecule has 4 rings (SSSR count). The number of fused-ring (bicyclic) bond motifs is 1. The number of hydrogen-bond donors (Lipinski definition) is 2. The van der Waals surface area contributed by atoms with Gasteiger partial charge in [0.1, 0.15) is 6.04 Å². The molecule has 8 heteroatoms. The average molecular weight is 486 g/mol. The minimum atomic E-state index is -0.603. The number of nitrogens with zero attached hydrogens (tertiary/aromatic N) is 1. The molecule has 0 bridgehead atoms. The maximum absolute atomic E-state index is 12.4. The van der Waals surface area contributed by atoms with Crippen LogP contribution in [-0.2, 0) is 33.9 Å². The summed E-state index contributed by atoms with van der Waals surface area (Å²) in [5.41, 5.74) is 3.68. The van der Waals surface area contributed by atoms with E-state index in [0.717, 1.165) is 22.0 Å². The van der Waals surface area contributed by atoms with Gasteiger partial charge in [0.25, 0.3) is 5.91 Å². The van der Waals surface area contributed by atoms with Gasteiger partial charge in [0.05, 0.1) is 0 Å². The van der Waals surface area contributed by atoms with Crippen LogP contribution in [-0.4, -0.2) is 35.1 Å². The monoisotopic (exact) mass is 485 g/mol. The molecule has 7 nitrogen and oxygen atoms in total. The number of halogens is 1. The lowest BCUT2D eigenvalue weighted by Crippen LogP contribution is -2.52. The standard InChI is InChI=1S/C15H15N3O4.C8H9Br/c19-8-16-6-9-1-2-11-10(5-9)7-18(15(11)22)12-3-4-13(20)17-14(12)21;1-2-7-3-5-8(9)6-4-7/h1-2,5,8,12H,3-4,6-7H2,(H,16,19)(H,17,20,21);3-6H,2H2,1H3. The zero-order valence-corrected chi connectivity index (χ0v) is 18.8. The molecule has 0 aliphatic carbocycles. The van der Waals surface area contributed by atoms with Gasteiger partial charge in [0.2, 0.25) is 18.2 Å². The molecule has 2 aliphatic rings. The van der Waals surface area contributed by atoms with E-state index in [9.17, 15) is 19.2 Å². The van der Waals surface area contributed by atoms with Crippen molar-refractivity contribution in [3.63, 3.8) is 0 Å². The van der Waals surface area contributed by atoms with E-state index in [1.54, 1.807) is 12.1 Å². The number of carbonyl (C=O) groups excluding carboxylic acids is 4. The van der Waals surface area contributed by atoms with E-state index in [0.29, 0.717) is 31.5 Å². The number of aryl methyl sites for hydroxylation is 1. The van der Waals surface area contributed by atoms with Crippen molar-refractivity contribution in [3.8, 4) is 0 Å². The third-order valence-electron chi connectivity index (χ3n) is 5.30. The smallest absolute Gasteiger partial charge is 0.255 e. The first-order valence-electron chi connectivity index (χ1n) is 10.1. The van der Waals surface area contributed by atoms with Crippen LogP contribution in [0.25, 0.3) is 0 Å². The largest absolute Gasteiger partial charge is 0.355 e. The molecular formula is C23H24BrN3O4. The summed E-state index contributed by atoms with van der Waals surface area (Å²) < 4.78 is 1.15. The Morgan fingerprint density at radius 3 is 2.48 bits per heavy atom. The van der Waals surface area contributed by atoms with Gasteiger partial charge in [-0.15, -0.1) is 0 Å². The third-order valence-corrected chi connectivity index (χ3v) is 5.83. The Balaban J connectivity index is 0.000000254. The van der Waals surface area contributed by atoms with Crippen LogP contribution in [0.4, 0.5) is 0 Å². The van der Waals surface area contributed by atoms with Crippen molar-refractivity contribution in [2.24, 2.45) is 0 Å². The number of carbonyl (C=O) groups is 4. The van der Waals surface area contributed by atoms with Crippen LogP contribution >= 0.6 is 15.9 Å². The van der Waals surface area contributed by atoms with Crippen molar-refractivity contribution in [1.29, 1.82) is 0 Å². The molecule has 2 heterocycles. The molecule has 0 spiro atoms. The second-order valence-electron chi connectivity index (χ2n) is 7.37. The molecule has 2 N–H and O–H groups in total. The molecule has 0 saturated carbocycles. The number of imide groups is 1. The molecule has 2 aromatic rings. The highest BCUT2D eigenvalue weighted by Crippen LogP contribution is 2.28. The number of nitrogens with one attached hydrogen (secondary N) is 2. The summed E-state index contributed by atoms with van der Waals surface area (Å²) in [7, 11) is 0. The number of hydrogen-bond acceptors (Lipinski definition) is 4.